The summed E-state index contributed by atoms with van der Waals surface area (Å²) in [6.07, 6.45) is 0.916. The molecule has 8 rings (SSSR count). The molecule has 0 bridgehead atoms. The third-order valence-corrected chi connectivity index (χ3v) is 12.2. The highest BCUT2D eigenvalue weighted by Crippen LogP contribution is 2.44. The maximum absolute atomic E-state index is 13.8. The van der Waals surface area contributed by atoms with Crippen LogP contribution in [0.2, 0.25) is 0 Å². The summed E-state index contributed by atoms with van der Waals surface area (Å²) in [5.41, 5.74) is 4.18. The van der Waals surface area contributed by atoms with Gasteiger partial charge in [0, 0.05) is 51.8 Å². The lowest BCUT2D eigenvalue weighted by atomic mass is 9.80. The van der Waals surface area contributed by atoms with Crippen LogP contribution in [-0.4, -0.2) is 56.7 Å². The van der Waals surface area contributed by atoms with Crippen molar-refractivity contribution in [3.63, 3.8) is 0 Å². The summed E-state index contributed by atoms with van der Waals surface area (Å²) in [6, 6.07) is 34.8. The molecule has 1 aromatic heterocycles. The number of aryl methyl sites for hydroxylation is 1. The Labute approximate surface area is 353 Å². The zero-order valence-corrected chi connectivity index (χ0v) is 35.0. The normalized spacial score (nSPS) is 11.9. The van der Waals surface area contributed by atoms with Crippen molar-refractivity contribution >= 4 is 74.7 Å². The Morgan fingerprint density at radius 3 is 1.82 bits per heavy atom. The first kappa shape index (κ1) is 45.8. The minimum Gasteiger partial charge on any atom is -0.355 e. The van der Waals surface area contributed by atoms with Crippen molar-refractivity contribution in [2.75, 3.05) is 11.6 Å². The molecule has 0 unspecified atom stereocenters. The molecule has 61 heavy (non-hydrogen) atoms. The number of carbonyl (C=O) groups excluding carboxylic acids is 2. The van der Waals surface area contributed by atoms with E-state index in [1.165, 1.54) is 16.7 Å². The van der Waals surface area contributed by atoms with Gasteiger partial charge in [0.1, 0.15) is 9.79 Å². The van der Waals surface area contributed by atoms with E-state index in [9.17, 15) is 48.7 Å². The molecule has 1 heterocycles. The predicted octanol–water partition coefficient (Wildman–Crippen LogP) is 8.26. The lowest BCUT2D eigenvalue weighted by Gasteiger charge is -2.25. The maximum Gasteiger partial charge on any atom is 0.295 e. The van der Waals surface area contributed by atoms with Gasteiger partial charge in [0.05, 0.1) is 28.1 Å². The summed E-state index contributed by atoms with van der Waals surface area (Å²) in [5.74, 6) is -1.07. The summed E-state index contributed by atoms with van der Waals surface area (Å²) in [5, 5.41) is 3.61. The highest BCUT2D eigenvalue weighted by molar-refractivity contribution is 7.90. The molecule has 0 saturated heterocycles. The van der Waals surface area contributed by atoms with E-state index in [1.807, 2.05) is 74.5 Å². The summed E-state index contributed by atoms with van der Waals surface area (Å²) in [6.45, 7) is 4.00. The van der Waals surface area contributed by atoms with Crippen LogP contribution in [0.4, 0.5) is 11.4 Å². The molecule has 0 amide bonds. The van der Waals surface area contributed by atoms with Gasteiger partial charge in [-0.25, -0.2) is 8.42 Å². The number of carbonyl (C=O) groups is 2. The van der Waals surface area contributed by atoms with Crippen molar-refractivity contribution in [1.29, 1.82) is 0 Å². The van der Waals surface area contributed by atoms with Gasteiger partial charge in [-0.15, -0.1) is 0 Å². The van der Waals surface area contributed by atoms with Crippen LogP contribution in [0, 0.1) is 0 Å². The fourth-order valence-corrected chi connectivity index (χ4v) is 9.33. The Hall–Kier alpha value is -6.30. The van der Waals surface area contributed by atoms with Crippen molar-refractivity contribution in [2.24, 2.45) is 7.05 Å². The zero-order chi connectivity index (χ0) is 43.7. The molecule has 7 aromatic rings. The molecular formula is C45H42N2O11S3. The van der Waals surface area contributed by atoms with Crippen LogP contribution < -0.4 is 10.9 Å². The van der Waals surface area contributed by atoms with Crippen LogP contribution in [0.3, 0.4) is 0 Å². The van der Waals surface area contributed by atoms with Gasteiger partial charge in [0.25, 0.3) is 25.8 Å². The molecule has 13 nitrogen and oxygen atoms in total. The Morgan fingerprint density at radius 1 is 0.656 bits per heavy atom. The number of ketones is 2. The number of rotatable bonds is 8. The number of anilines is 2. The lowest BCUT2D eigenvalue weighted by molar-refractivity contribution is 0.102. The van der Waals surface area contributed by atoms with Gasteiger partial charge in [0.2, 0.25) is 0 Å². The van der Waals surface area contributed by atoms with E-state index < -0.39 is 45.6 Å². The standard InChI is InChI=1S/C30H20N2O3.C12H12O8S3.C2H6.CH4/c1-32-23-17-16-22(31-19-12-6-3-7-13-19)25-26(23)24(20-14-8-9-15-21(20)29(25)34)27(30(32)35)28(33)18-10-4-2-5-11-18;1-21(13,14)7-8-5-10-9(12(6-8)23(18,19)20)3-2-4-11(10)22(15,16)17;1-2;/h2-17,31H,1H3;2-6H,7H2,1H3,(H,15,16,17)(H,18,19,20);1-2H3;1H4. The Morgan fingerprint density at radius 2 is 1.23 bits per heavy atom. The quantitative estimate of drug-likeness (QED) is 0.0973. The van der Waals surface area contributed by atoms with Crippen molar-refractivity contribution < 1.29 is 43.9 Å². The van der Waals surface area contributed by atoms with Crippen LogP contribution in [0.25, 0.3) is 32.8 Å². The Balaban J connectivity index is 0.000000237. The number of benzene rings is 6. The third-order valence-electron chi connectivity index (χ3n) is 9.51. The van der Waals surface area contributed by atoms with Gasteiger partial charge in [-0.2, -0.15) is 16.8 Å². The van der Waals surface area contributed by atoms with Crippen LogP contribution in [0.1, 0.15) is 58.7 Å². The third kappa shape index (κ3) is 9.23. The first-order valence-electron chi connectivity index (χ1n) is 18.3. The number of aromatic nitrogens is 1. The number of pyridine rings is 1. The Bertz CT molecular complexity index is 3260. The fourth-order valence-electron chi connectivity index (χ4n) is 7.10. The molecule has 0 aliphatic heterocycles. The number of fused-ring (bicyclic) bond motifs is 3. The van der Waals surface area contributed by atoms with Gasteiger partial charge in [0.15, 0.2) is 21.4 Å². The minimum absolute atomic E-state index is 0. The van der Waals surface area contributed by atoms with Crippen molar-refractivity contribution in [2.45, 2.75) is 36.8 Å². The van der Waals surface area contributed by atoms with E-state index in [0.717, 1.165) is 30.1 Å². The second kappa shape index (κ2) is 17.7. The molecule has 0 spiro atoms. The molecule has 1 aliphatic carbocycles. The van der Waals surface area contributed by atoms with Crippen LogP contribution in [0.15, 0.2) is 142 Å². The molecule has 0 fully saturated rings. The number of nitrogens with one attached hydrogen (secondary N) is 1. The number of hydrogen-bond donors (Lipinski definition) is 3. The monoisotopic (exact) mass is 882 g/mol. The van der Waals surface area contributed by atoms with E-state index in [1.54, 1.807) is 43.4 Å². The van der Waals surface area contributed by atoms with Crippen LogP contribution in [0.5, 0.6) is 0 Å². The average Bonchev–Trinajstić information content (AvgIpc) is 3.21. The largest absolute Gasteiger partial charge is 0.355 e. The van der Waals surface area contributed by atoms with Crippen molar-refractivity contribution in [1.82, 2.24) is 4.57 Å². The van der Waals surface area contributed by atoms with Crippen molar-refractivity contribution in [3.8, 4) is 11.1 Å². The first-order chi connectivity index (χ1) is 28.3. The Kier molecular flexibility index (Phi) is 13.3. The van der Waals surface area contributed by atoms with Gasteiger partial charge in [-0.1, -0.05) is 106 Å². The molecule has 0 atom stereocenters. The molecule has 1 aliphatic rings. The van der Waals surface area contributed by atoms with E-state index in [-0.39, 0.29) is 46.5 Å². The topological polar surface area (TPSA) is 211 Å². The van der Waals surface area contributed by atoms with Crippen LogP contribution in [-0.2, 0) is 42.9 Å². The molecule has 316 valence electrons. The molecule has 6 aromatic carbocycles. The second-order valence-electron chi connectivity index (χ2n) is 13.5. The number of para-hydroxylation sites is 1. The molecule has 0 saturated carbocycles. The van der Waals surface area contributed by atoms with E-state index in [4.69, 9.17) is 0 Å². The average molecular weight is 883 g/mol. The van der Waals surface area contributed by atoms with Gasteiger partial charge < -0.3 is 9.88 Å². The number of nitrogens with zero attached hydrogens (tertiary/aromatic N) is 1. The number of sulfone groups is 1. The maximum atomic E-state index is 13.8. The van der Waals surface area contributed by atoms with E-state index in [0.29, 0.717) is 44.4 Å². The molecule has 3 N–H and O–H groups in total. The smallest absolute Gasteiger partial charge is 0.295 e. The van der Waals surface area contributed by atoms with Crippen LogP contribution >= 0.6 is 0 Å². The molecule has 0 radical (unpaired) electrons. The predicted molar refractivity (Wildman–Crippen MR) is 238 cm³/mol. The first-order valence-corrected chi connectivity index (χ1v) is 23.2. The minimum atomic E-state index is -4.74. The van der Waals surface area contributed by atoms with Gasteiger partial charge >= 0.3 is 0 Å². The number of hydrogen-bond acceptors (Lipinski definition) is 10. The van der Waals surface area contributed by atoms with Gasteiger partial charge in [-0.05, 0) is 53.6 Å². The fraction of sp³-hybridized carbons (Fsp3) is 0.133. The van der Waals surface area contributed by atoms with Gasteiger partial charge in [-0.3, -0.25) is 23.5 Å². The summed E-state index contributed by atoms with van der Waals surface area (Å²) in [4.78, 5) is 40.0. The molecule has 16 heteroatoms. The zero-order valence-electron chi connectivity index (χ0n) is 32.6. The SMILES string of the molecule is C.CC.CS(=O)(=O)Cc1cc(S(=O)(=O)O)c2cccc(S(=O)(=O)O)c2c1.Cn1c(=O)c(C(=O)c2ccccc2)c2c3c(c(Nc4ccccc4)ccc31)C(=O)c1ccccc1-2. The van der Waals surface area contributed by atoms with E-state index in [2.05, 4.69) is 5.32 Å². The van der Waals surface area contributed by atoms with Crippen molar-refractivity contribution in [3.05, 3.63) is 166 Å². The lowest BCUT2D eigenvalue weighted by Crippen LogP contribution is -2.29. The highest BCUT2D eigenvalue weighted by Gasteiger charge is 2.34. The summed E-state index contributed by atoms with van der Waals surface area (Å²) < 4.78 is 88.7. The molecular weight excluding hydrogens is 841 g/mol. The highest BCUT2D eigenvalue weighted by atomic mass is 32.2. The summed E-state index contributed by atoms with van der Waals surface area (Å²) >= 11 is 0. The summed E-state index contributed by atoms with van der Waals surface area (Å²) in [7, 11) is -11.3. The second-order valence-corrected chi connectivity index (χ2v) is 18.4. The van der Waals surface area contributed by atoms with E-state index >= 15 is 0 Å².